The maximum absolute atomic E-state index is 16.1. The molecule has 0 aliphatic rings. The molecule has 0 bridgehead atoms. The van der Waals surface area contributed by atoms with Gasteiger partial charge in [0.25, 0.3) is 0 Å². The first-order valence-corrected chi connectivity index (χ1v) is 10.3. The second-order valence-electron chi connectivity index (χ2n) is 7.70. The highest BCUT2D eigenvalue weighted by Crippen LogP contribution is 2.40. The summed E-state index contributed by atoms with van der Waals surface area (Å²) in [6, 6.07) is 1.95. The molecule has 10 heteroatoms. The van der Waals surface area contributed by atoms with Gasteiger partial charge in [-0.2, -0.15) is 15.1 Å². The standard InChI is InChI=1S/C22H25FN6O3/c1-10(2)32-21-16-19(27-22(31-5)28-20(16)24-6-7-30)17(23)18(26-21)15-12(4)11(3)8-14-13(15)9-25-29-14/h8-10,30H,6-7H2,1-5H3,(H,25,29)(H,24,27,28). The Kier molecular flexibility index (Phi) is 5.79. The van der Waals surface area contributed by atoms with Gasteiger partial charge in [0.05, 0.1) is 31.5 Å². The number of aryl methyl sites for hydroxylation is 1. The second-order valence-corrected chi connectivity index (χ2v) is 7.70. The molecule has 3 N–H and O–H groups in total. The largest absolute Gasteiger partial charge is 0.474 e. The molecule has 0 saturated carbocycles. The van der Waals surface area contributed by atoms with Crippen LogP contribution in [0.2, 0.25) is 0 Å². The van der Waals surface area contributed by atoms with Crippen molar-refractivity contribution < 1.29 is 19.0 Å². The zero-order valence-electron chi connectivity index (χ0n) is 18.6. The van der Waals surface area contributed by atoms with Crippen molar-refractivity contribution in [3.63, 3.8) is 0 Å². The van der Waals surface area contributed by atoms with Gasteiger partial charge in [0.1, 0.15) is 22.4 Å². The van der Waals surface area contributed by atoms with Crippen molar-refractivity contribution >= 4 is 27.6 Å². The summed E-state index contributed by atoms with van der Waals surface area (Å²) >= 11 is 0. The lowest BCUT2D eigenvalue weighted by Gasteiger charge is -2.18. The molecule has 0 atom stereocenters. The monoisotopic (exact) mass is 440 g/mol. The van der Waals surface area contributed by atoms with Crippen LogP contribution in [0.25, 0.3) is 33.1 Å². The Morgan fingerprint density at radius 2 is 2.00 bits per heavy atom. The molecule has 0 fully saturated rings. The van der Waals surface area contributed by atoms with Crippen molar-refractivity contribution in [1.29, 1.82) is 0 Å². The smallest absolute Gasteiger partial charge is 0.318 e. The van der Waals surface area contributed by atoms with Crippen molar-refractivity contribution in [3.05, 3.63) is 29.2 Å². The third kappa shape index (κ3) is 3.66. The molecule has 168 valence electrons. The van der Waals surface area contributed by atoms with Crippen LogP contribution in [0.3, 0.4) is 0 Å². The molecule has 3 aromatic heterocycles. The topological polar surface area (TPSA) is 118 Å². The van der Waals surface area contributed by atoms with Crippen molar-refractivity contribution in [1.82, 2.24) is 25.1 Å². The summed E-state index contributed by atoms with van der Waals surface area (Å²) in [7, 11) is 1.41. The molecule has 0 amide bonds. The Hall–Kier alpha value is -3.53. The molecule has 3 heterocycles. The van der Waals surface area contributed by atoms with Gasteiger partial charge in [-0.3, -0.25) is 5.10 Å². The molecule has 32 heavy (non-hydrogen) atoms. The van der Waals surface area contributed by atoms with Crippen LogP contribution in [0.5, 0.6) is 11.9 Å². The van der Waals surface area contributed by atoms with Crippen molar-refractivity contribution in [2.24, 2.45) is 0 Å². The first-order chi connectivity index (χ1) is 15.3. The average Bonchev–Trinajstić information content (AvgIpc) is 3.22. The molecule has 4 rings (SSSR count). The fourth-order valence-corrected chi connectivity index (χ4v) is 3.62. The number of aromatic amines is 1. The molecule has 0 aliphatic heterocycles. The zero-order valence-corrected chi connectivity index (χ0v) is 18.6. The summed E-state index contributed by atoms with van der Waals surface area (Å²) in [5, 5.41) is 20.3. The molecule has 0 radical (unpaired) electrons. The lowest BCUT2D eigenvalue weighted by molar-refractivity contribution is 0.236. The summed E-state index contributed by atoms with van der Waals surface area (Å²) in [4.78, 5) is 13.2. The van der Waals surface area contributed by atoms with Crippen LogP contribution in [0, 0.1) is 19.7 Å². The molecule has 9 nitrogen and oxygen atoms in total. The van der Waals surface area contributed by atoms with Gasteiger partial charge >= 0.3 is 6.01 Å². The molecule has 0 spiro atoms. The number of ether oxygens (including phenoxy) is 2. The van der Waals surface area contributed by atoms with Crippen LogP contribution in [-0.4, -0.2) is 56.6 Å². The number of H-pyrrole nitrogens is 1. The predicted octanol–water partition coefficient (Wildman–Crippen LogP) is 3.52. The highest BCUT2D eigenvalue weighted by atomic mass is 19.1. The SMILES string of the molecule is COc1nc(NCCO)c2c(OC(C)C)nc(-c3c(C)c(C)cc4[nH]ncc34)c(F)c2n1. The molecule has 0 saturated heterocycles. The summed E-state index contributed by atoms with van der Waals surface area (Å²) in [5.41, 5.74) is 3.35. The van der Waals surface area contributed by atoms with Gasteiger partial charge in [-0.1, -0.05) is 0 Å². The Balaban J connectivity index is 2.11. The summed E-state index contributed by atoms with van der Waals surface area (Å²) in [5.74, 6) is -0.170. The summed E-state index contributed by atoms with van der Waals surface area (Å²) < 4.78 is 27.2. The van der Waals surface area contributed by atoms with Crippen LogP contribution >= 0.6 is 0 Å². The first-order valence-electron chi connectivity index (χ1n) is 10.3. The van der Waals surface area contributed by atoms with Crippen LogP contribution < -0.4 is 14.8 Å². The zero-order chi connectivity index (χ0) is 23.0. The third-order valence-corrected chi connectivity index (χ3v) is 5.17. The maximum atomic E-state index is 16.1. The molecule has 0 unspecified atom stereocenters. The number of hydrogen-bond donors (Lipinski definition) is 3. The second kappa shape index (κ2) is 8.54. The quantitative estimate of drug-likeness (QED) is 0.399. The van der Waals surface area contributed by atoms with E-state index in [0.29, 0.717) is 5.56 Å². The third-order valence-electron chi connectivity index (χ3n) is 5.17. The number of hydrogen-bond acceptors (Lipinski definition) is 8. The number of benzene rings is 1. The van der Waals surface area contributed by atoms with E-state index in [4.69, 9.17) is 9.47 Å². The lowest BCUT2D eigenvalue weighted by Crippen LogP contribution is -2.13. The molecular formula is C22H25FN6O3. The van der Waals surface area contributed by atoms with Gasteiger partial charge in [-0.15, -0.1) is 0 Å². The fourth-order valence-electron chi connectivity index (χ4n) is 3.62. The van der Waals surface area contributed by atoms with E-state index in [2.05, 4.69) is 30.5 Å². The number of aliphatic hydroxyl groups is 1. The number of anilines is 1. The molecule has 0 aliphatic carbocycles. The van der Waals surface area contributed by atoms with Gasteiger partial charge in [-0.05, 0) is 44.9 Å². The van der Waals surface area contributed by atoms with E-state index in [1.807, 2.05) is 33.8 Å². The van der Waals surface area contributed by atoms with Crippen LogP contribution in [0.4, 0.5) is 10.2 Å². The number of methoxy groups -OCH3 is 1. The van der Waals surface area contributed by atoms with E-state index in [-0.39, 0.29) is 53.6 Å². The van der Waals surface area contributed by atoms with Gasteiger partial charge in [0, 0.05) is 17.5 Å². The van der Waals surface area contributed by atoms with E-state index >= 15 is 4.39 Å². The van der Waals surface area contributed by atoms with E-state index in [0.717, 1.165) is 22.0 Å². The number of fused-ring (bicyclic) bond motifs is 2. The molecule has 4 aromatic rings. The Bertz CT molecular complexity index is 1300. The van der Waals surface area contributed by atoms with Gasteiger partial charge in [0.2, 0.25) is 5.88 Å². The number of rotatable bonds is 7. The molecule has 1 aromatic carbocycles. The van der Waals surface area contributed by atoms with Gasteiger partial charge < -0.3 is 19.9 Å². The van der Waals surface area contributed by atoms with E-state index in [1.165, 1.54) is 7.11 Å². The summed E-state index contributed by atoms with van der Waals surface area (Å²) in [6.07, 6.45) is 1.42. The number of halogens is 1. The predicted molar refractivity (Wildman–Crippen MR) is 120 cm³/mol. The van der Waals surface area contributed by atoms with Gasteiger partial charge in [-0.25, -0.2) is 9.37 Å². The fraction of sp³-hybridized carbons (Fsp3) is 0.364. The van der Waals surface area contributed by atoms with E-state index in [1.54, 1.807) is 6.20 Å². The number of pyridine rings is 1. The first kappa shape index (κ1) is 21.7. The average molecular weight is 440 g/mol. The van der Waals surface area contributed by atoms with Crippen molar-refractivity contribution in [2.75, 3.05) is 25.6 Å². The van der Waals surface area contributed by atoms with E-state index < -0.39 is 5.82 Å². The van der Waals surface area contributed by atoms with Gasteiger partial charge in [0.15, 0.2) is 5.82 Å². The highest BCUT2D eigenvalue weighted by Gasteiger charge is 2.26. The minimum atomic E-state index is -0.625. The number of nitrogens with one attached hydrogen (secondary N) is 2. The highest BCUT2D eigenvalue weighted by molar-refractivity contribution is 6.01. The molecular weight excluding hydrogens is 415 g/mol. The normalized spacial score (nSPS) is 11.5. The number of aliphatic hydroxyl groups excluding tert-OH is 1. The van der Waals surface area contributed by atoms with Crippen LogP contribution in [-0.2, 0) is 0 Å². The lowest BCUT2D eigenvalue weighted by atomic mass is 9.96. The van der Waals surface area contributed by atoms with Crippen LogP contribution in [0.15, 0.2) is 12.3 Å². The van der Waals surface area contributed by atoms with Crippen molar-refractivity contribution in [2.45, 2.75) is 33.8 Å². The maximum Gasteiger partial charge on any atom is 0.318 e. The van der Waals surface area contributed by atoms with E-state index in [9.17, 15) is 5.11 Å². The van der Waals surface area contributed by atoms with Crippen molar-refractivity contribution in [3.8, 4) is 23.1 Å². The minimum Gasteiger partial charge on any atom is -0.474 e. The number of aromatic nitrogens is 5. The van der Waals surface area contributed by atoms with Crippen LogP contribution in [0.1, 0.15) is 25.0 Å². The Morgan fingerprint density at radius 1 is 1.22 bits per heavy atom. The minimum absolute atomic E-state index is 0.00971. The number of nitrogens with zero attached hydrogens (tertiary/aromatic N) is 4. The summed E-state index contributed by atoms with van der Waals surface area (Å²) in [6.45, 7) is 7.64. The Labute approximate surface area is 184 Å². The Morgan fingerprint density at radius 3 is 2.69 bits per heavy atom.